The van der Waals surface area contributed by atoms with Crippen molar-refractivity contribution in [2.24, 2.45) is 0 Å². The molecular weight excluding hydrogens is 190 g/mol. The molecule has 0 saturated carbocycles. The Kier molecular flexibility index (Phi) is 2.16. The molecule has 1 heterocycles. The molecule has 72 valence electrons. The average Bonchev–Trinajstić information content (AvgIpc) is 2.10. The second kappa shape index (κ2) is 3.21. The molecule has 0 unspecified atom stereocenters. The lowest BCUT2D eigenvalue weighted by atomic mass is 10.0. The van der Waals surface area contributed by atoms with Gasteiger partial charge in [-0.15, -0.1) is 0 Å². The number of fused-ring (bicyclic) bond motifs is 1. The second-order valence-corrected chi connectivity index (χ2v) is 4.21. The van der Waals surface area contributed by atoms with Crippen molar-refractivity contribution in [3.63, 3.8) is 0 Å². The molecule has 1 aromatic carbocycles. The Bertz CT molecular complexity index is 552. The molecule has 0 aliphatic carbocycles. The van der Waals surface area contributed by atoms with Gasteiger partial charge in [0.15, 0.2) is 0 Å². The van der Waals surface area contributed by atoms with Crippen LogP contribution in [0.4, 0.5) is 0 Å². The van der Waals surface area contributed by atoms with Gasteiger partial charge in [0.05, 0.1) is 0 Å². The molecule has 0 aliphatic rings. The predicted molar refractivity (Wildman–Crippen MR) is 63.3 cm³/mol. The Morgan fingerprint density at radius 1 is 1.00 bits per heavy atom. The number of aromatic nitrogens is 1. The quantitative estimate of drug-likeness (QED) is 0.643. The Balaban J connectivity index is 3.07. The molecule has 0 fully saturated rings. The van der Waals surface area contributed by atoms with Gasteiger partial charge < -0.3 is 4.98 Å². The van der Waals surface area contributed by atoms with Gasteiger partial charge in [0.25, 0.3) is 0 Å². The van der Waals surface area contributed by atoms with E-state index in [1.54, 1.807) is 0 Å². The molecule has 0 radical (unpaired) electrons. The van der Waals surface area contributed by atoms with Crippen molar-refractivity contribution in [1.82, 2.24) is 4.98 Å². The van der Waals surface area contributed by atoms with Gasteiger partial charge >= 0.3 is 0 Å². The number of hydrogen-bond acceptors (Lipinski definition) is 1. The SMILES string of the molecule is Cc1ccc(C)c2c(C)cc(=S)[nH]c12. The molecule has 1 N–H and O–H groups in total. The maximum Gasteiger partial charge on any atom is 0.103 e. The van der Waals surface area contributed by atoms with Gasteiger partial charge in [-0.1, -0.05) is 24.4 Å². The summed E-state index contributed by atoms with van der Waals surface area (Å²) in [6.07, 6.45) is 0. The molecule has 2 rings (SSSR count). The number of benzene rings is 1. The topological polar surface area (TPSA) is 15.8 Å². The fourth-order valence-corrected chi connectivity index (χ4v) is 2.19. The molecule has 14 heavy (non-hydrogen) atoms. The van der Waals surface area contributed by atoms with Crippen LogP contribution in [0.25, 0.3) is 10.9 Å². The van der Waals surface area contributed by atoms with Crippen LogP contribution in [0.1, 0.15) is 16.7 Å². The minimum atomic E-state index is 0.809. The number of aryl methyl sites for hydroxylation is 3. The summed E-state index contributed by atoms with van der Waals surface area (Å²) in [5, 5.41) is 1.30. The molecule has 1 aromatic heterocycles. The minimum Gasteiger partial charge on any atom is -0.346 e. The van der Waals surface area contributed by atoms with E-state index in [0.717, 1.165) is 4.64 Å². The van der Waals surface area contributed by atoms with Gasteiger partial charge in [-0.25, -0.2) is 0 Å². The molecule has 0 saturated heterocycles. The number of aromatic amines is 1. The summed E-state index contributed by atoms with van der Waals surface area (Å²) < 4.78 is 0.809. The van der Waals surface area contributed by atoms with E-state index in [4.69, 9.17) is 12.2 Å². The lowest BCUT2D eigenvalue weighted by Crippen LogP contribution is -1.90. The standard InChI is InChI=1S/C12H13NS/c1-7-4-5-8(2)12-11(7)9(3)6-10(14)13-12/h4-6H,1-3H3,(H,13,14). The number of H-pyrrole nitrogens is 1. The molecule has 2 heteroatoms. The highest BCUT2D eigenvalue weighted by molar-refractivity contribution is 7.71. The zero-order valence-corrected chi connectivity index (χ0v) is 9.46. The van der Waals surface area contributed by atoms with Crippen LogP contribution >= 0.6 is 12.2 Å². The first-order valence-corrected chi connectivity index (χ1v) is 5.10. The van der Waals surface area contributed by atoms with Crippen molar-refractivity contribution in [3.05, 3.63) is 39.5 Å². The Labute approximate surface area is 88.8 Å². The third-order valence-corrected chi connectivity index (χ3v) is 2.83. The summed E-state index contributed by atoms with van der Waals surface area (Å²) >= 11 is 5.17. The number of rotatable bonds is 0. The van der Waals surface area contributed by atoms with Gasteiger partial charge in [-0.05, 0) is 43.5 Å². The first kappa shape index (κ1) is 9.41. The summed E-state index contributed by atoms with van der Waals surface area (Å²) in [5.74, 6) is 0. The Hall–Kier alpha value is -1.15. The monoisotopic (exact) mass is 203 g/mol. The van der Waals surface area contributed by atoms with E-state index in [9.17, 15) is 0 Å². The van der Waals surface area contributed by atoms with Gasteiger partial charge in [0.2, 0.25) is 0 Å². The highest BCUT2D eigenvalue weighted by atomic mass is 32.1. The maximum atomic E-state index is 5.17. The number of pyridine rings is 1. The summed E-state index contributed by atoms with van der Waals surface area (Å²) in [6.45, 7) is 6.34. The molecule has 2 aromatic rings. The van der Waals surface area contributed by atoms with Crippen LogP contribution in [0.15, 0.2) is 18.2 Å². The first-order valence-electron chi connectivity index (χ1n) is 4.69. The van der Waals surface area contributed by atoms with E-state index in [-0.39, 0.29) is 0 Å². The molecule has 1 nitrogen and oxygen atoms in total. The summed E-state index contributed by atoms with van der Waals surface area (Å²) in [5.41, 5.74) is 4.98. The van der Waals surface area contributed by atoms with Crippen LogP contribution in [0.3, 0.4) is 0 Å². The second-order valence-electron chi connectivity index (χ2n) is 3.77. The molecular formula is C12H13NS. The summed E-state index contributed by atoms with van der Waals surface area (Å²) in [4.78, 5) is 3.25. The van der Waals surface area contributed by atoms with Crippen LogP contribution in [-0.4, -0.2) is 4.98 Å². The van der Waals surface area contributed by atoms with Crippen LogP contribution in [0.2, 0.25) is 0 Å². The molecule has 0 amide bonds. The molecule has 0 atom stereocenters. The normalized spacial score (nSPS) is 10.8. The van der Waals surface area contributed by atoms with Gasteiger partial charge in [0.1, 0.15) is 4.64 Å². The van der Waals surface area contributed by atoms with E-state index in [0.29, 0.717) is 0 Å². The zero-order chi connectivity index (χ0) is 10.3. The highest BCUT2D eigenvalue weighted by Gasteiger charge is 2.03. The maximum absolute atomic E-state index is 5.17. The molecule has 0 bridgehead atoms. The van der Waals surface area contributed by atoms with Crippen LogP contribution in [0, 0.1) is 25.4 Å². The van der Waals surface area contributed by atoms with E-state index < -0.39 is 0 Å². The predicted octanol–water partition coefficient (Wildman–Crippen LogP) is 3.82. The number of nitrogens with one attached hydrogen (secondary N) is 1. The fourth-order valence-electron chi connectivity index (χ4n) is 1.91. The van der Waals surface area contributed by atoms with Crippen molar-refractivity contribution in [2.45, 2.75) is 20.8 Å². The first-order chi connectivity index (χ1) is 6.59. The van der Waals surface area contributed by atoms with Crippen molar-refractivity contribution in [3.8, 4) is 0 Å². The Morgan fingerprint density at radius 3 is 2.36 bits per heavy atom. The van der Waals surface area contributed by atoms with Gasteiger partial charge in [0, 0.05) is 10.9 Å². The number of hydrogen-bond donors (Lipinski definition) is 1. The van der Waals surface area contributed by atoms with E-state index in [1.165, 1.54) is 27.6 Å². The average molecular weight is 203 g/mol. The Morgan fingerprint density at radius 2 is 1.64 bits per heavy atom. The third-order valence-electron chi connectivity index (χ3n) is 2.61. The highest BCUT2D eigenvalue weighted by Crippen LogP contribution is 2.23. The van der Waals surface area contributed by atoms with Crippen LogP contribution in [-0.2, 0) is 0 Å². The van der Waals surface area contributed by atoms with Crippen molar-refractivity contribution in [1.29, 1.82) is 0 Å². The van der Waals surface area contributed by atoms with Crippen molar-refractivity contribution in [2.75, 3.05) is 0 Å². The van der Waals surface area contributed by atoms with Gasteiger partial charge in [-0.3, -0.25) is 0 Å². The third kappa shape index (κ3) is 1.36. The summed E-state index contributed by atoms with van der Waals surface area (Å²) in [6, 6.07) is 6.30. The van der Waals surface area contributed by atoms with Crippen LogP contribution in [0.5, 0.6) is 0 Å². The smallest absolute Gasteiger partial charge is 0.103 e. The van der Waals surface area contributed by atoms with E-state index in [1.807, 2.05) is 6.07 Å². The largest absolute Gasteiger partial charge is 0.346 e. The fraction of sp³-hybridized carbons (Fsp3) is 0.250. The van der Waals surface area contributed by atoms with Crippen molar-refractivity contribution >= 4 is 23.1 Å². The van der Waals surface area contributed by atoms with Crippen LogP contribution < -0.4 is 0 Å². The van der Waals surface area contributed by atoms with Gasteiger partial charge in [-0.2, -0.15) is 0 Å². The van der Waals surface area contributed by atoms with Crippen molar-refractivity contribution < 1.29 is 0 Å². The lowest BCUT2D eigenvalue weighted by molar-refractivity contribution is 1.29. The summed E-state index contributed by atoms with van der Waals surface area (Å²) in [7, 11) is 0. The minimum absolute atomic E-state index is 0.809. The van der Waals surface area contributed by atoms with E-state index >= 15 is 0 Å². The zero-order valence-electron chi connectivity index (χ0n) is 8.64. The van der Waals surface area contributed by atoms with E-state index in [2.05, 4.69) is 37.9 Å². The lowest BCUT2D eigenvalue weighted by Gasteiger charge is -2.08. The molecule has 0 spiro atoms. The molecule has 0 aliphatic heterocycles.